The number of amides is 1. The number of rotatable bonds is 2. The van der Waals surface area contributed by atoms with E-state index in [1.807, 2.05) is 30.3 Å². The van der Waals surface area contributed by atoms with E-state index in [4.69, 9.17) is 0 Å². The fourth-order valence-electron chi connectivity index (χ4n) is 2.24. The van der Waals surface area contributed by atoms with Gasteiger partial charge >= 0.3 is 6.03 Å². The van der Waals surface area contributed by atoms with Crippen molar-refractivity contribution in [1.29, 1.82) is 0 Å². The van der Waals surface area contributed by atoms with Gasteiger partial charge in [0, 0.05) is 6.42 Å². The Morgan fingerprint density at radius 3 is 2.80 bits per heavy atom. The maximum atomic E-state index is 11.9. The van der Waals surface area contributed by atoms with Gasteiger partial charge in [-0.1, -0.05) is 35.4 Å². The summed E-state index contributed by atoms with van der Waals surface area (Å²) in [5.74, 6) is 1.50. The van der Waals surface area contributed by atoms with Crippen LogP contribution in [-0.2, 0) is 6.42 Å². The van der Waals surface area contributed by atoms with Crippen LogP contribution in [0.5, 0.6) is 0 Å². The highest BCUT2D eigenvalue weighted by Gasteiger charge is 2.27. The molecule has 0 radical (unpaired) electrons. The molecule has 0 unspecified atom stereocenters. The summed E-state index contributed by atoms with van der Waals surface area (Å²) < 4.78 is 1.42. The number of carbonyl (C=O) groups excluding carboxylic acids is 1. The van der Waals surface area contributed by atoms with Crippen LogP contribution in [0.3, 0.4) is 0 Å². The van der Waals surface area contributed by atoms with Gasteiger partial charge in [-0.3, -0.25) is 0 Å². The van der Waals surface area contributed by atoms with Crippen LogP contribution in [0.25, 0.3) is 11.4 Å². The molecule has 4 rings (SSSR count). The summed E-state index contributed by atoms with van der Waals surface area (Å²) in [7, 11) is 0. The minimum Gasteiger partial charge on any atom is -0.243 e. The van der Waals surface area contributed by atoms with E-state index in [0.717, 1.165) is 5.56 Å². The molecule has 20 heavy (non-hydrogen) atoms. The molecule has 0 N–H and O–H groups in total. The third-order valence-corrected chi connectivity index (χ3v) is 3.15. The Bertz CT molecular complexity index is 807. The first-order valence-corrected chi connectivity index (χ1v) is 6.06. The largest absolute Gasteiger partial charge is 0.373 e. The van der Waals surface area contributed by atoms with E-state index >= 15 is 0 Å². The minimum absolute atomic E-state index is 0.429. The van der Waals surface area contributed by atoms with Crippen molar-refractivity contribution in [2.45, 2.75) is 6.42 Å². The van der Waals surface area contributed by atoms with Crippen molar-refractivity contribution < 1.29 is 4.79 Å². The Balaban J connectivity index is 1.91. The van der Waals surface area contributed by atoms with Crippen molar-refractivity contribution >= 4 is 11.8 Å². The molecule has 0 atom stereocenters. The Labute approximate surface area is 113 Å². The summed E-state index contributed by atoms with van der Waals surface area (Å²) in [6, 6.07) is 9.35. The smallest absolute Gasteiger partial charge is 0.243 e. The van der Waals surface area contributed by atoms with Gasteiger partial charge in [-0.2, -0.15) is 5.10 Å². The molecule has 7 nitrogen and oxygen atoms in total. The number of azo groups is 1. The summed E-state index contributed by atoms with van der Waals surface area (Å²) in [6.07, 6.45) is 2.05. The topological polar surface area (TPSA) is 85.4 Å². The number of hydrogen-bond acceptors (Lipinski definition) is 5. The normalized spacial score (nSPS) is 13.1. The minimum atomic E-state index is -0.429. The number of fused-ring (bicyclic) bond motifs is 3. The Hall–Kier alpha value is -2.96. The number of aromatic nitrogens is 4. The van der Waals surface area contributed by atoms with Crippen LogP contribution in [0.4, 0.5) is 10.6 Å². The van der Waals surface area contributed by atoms with Gasteiger partial charge in [0.25, 0.3) is 0 Å². The third kappa shape index (κ3) is 1.53. The highest BCUT2D eigenvalue weighted by Crippen LogP contribution is 2.34. The van der Waals surface area contributed by atoms with Crippen molar-refractivity contribution in [2.24, 2.45) is 10.2 Å². The average molecular weight is 264 g/mol. The second-order valence-corrected chi connectivity index (χ2v) is 4.41. The SMILES string of the molecule is O=C1N=Nc2c3cnnc-3nc(Cc3ccccc3)n21. The molecule has 0 saturated heterocycles. The summed E-state index contributed by atoms with van der Waals surface area (Å²) in [6.45, 7) is 0. The van der Waals surface area contributed by atoms with Gasteiger partial charge in [0.1, 0.15) is 5.82 Å². The molecule has 7 heteroatoms. The standard InChI is InChI=1S/C13H8N6O/c20-13-18-17-12-9-7-14-16-11(9)15-10(19(12)13)6-8-4-2-1-3-5-8/h1-5,7H,6H2. The van der Waals surface area contributed by atoms with Crippen LogP contribution in [0.2, 0.25) is 0 Å². The van der Waals surface area contributed by atoms with Crippen LogP contribution in [0.1, 0.15) is 11.4 Å². The van der Waals surface area contributed by atoms with E-state index in [2.05, 4.69) is 25.4 Å². The number of nitrogens with zero attached hydrogens (tertiary/aromatic N) is 6. The van der Waals surface area contributed by atoms with Gasteiger partial charge in [-0.25, -0.2) is 14.3 Å². The van der Waals surface area contributed by atoms with Crippen molar-refractivity contribution in [3.63, 3.8) is 0 Å². The Kier molecular flexibility index (Phi) is 2.19. The molecular weight excluding hydrogens is 256 g/mol. The van der Waals surface area contributed by atoms with Crippen molar-refractivity contribution in [3.8, 4) is 11.4 Å². The number of benzene rings is 1. The van der Waals surface area contributed by atoms with E-state index in [1.165, 1.54) is 10.8 Å². The summed E-state index contributed by atoms with van der Waals surface area (Å²) in [5, 5.41) is 15.2. The van der Waals surface area contributed by atoms with Crippen LogP contribution in [0, 0.1) is 0 Å². The fourth-order valence-corrected chi connectivity index (χ4v) is 2.24. The highest BCUT2D eigenvalue weighted by atomic mass is 16.2. The predicted molar refractivity (Wildman–Crippen MR) is 69.0 cm³/mol. The van der Waals surface area contributed by atoms with E-state index in [-0.39, 0.29) is 0 Å². The molecule has 0 saturated carbocycles. The molecule has 1 aromatic rings. The predicted octanol–water partition coefficient (Wildman–Crippen LogP) is 2.43. The molecule has 0 fully saturated rings. The van der Waals surface area contributed by atoms with Crippen molar-refractivity contribution in [3.05, 3.63) is 47.9 Å². The maximum absolute atomic E-state index is 11.9. The third-order valence-electron chi connectivity index (χ3n) is 3.15. The summed E-state index contributed by atoms with van der Waals surface area (Å²) in [5.41, 5.74) is 1.68. The summed E-state index contributed by atoms with van der Waals surface area (Å²) >= 11 is 0. The molecule has 0 spiro atoms. The lowest BCUT2D eigenvalue weighted by Crippen LogP contribution is -2.14. The van der Waals surface area contributed by atoms with Crippen LogP contribution >= 0.6 is 0 Å². The molecule has 3 heterocycles. The van der Waals surface area contributed by atoms with Gasteiger partial charge < -0.3 is 0 Å². The molecule has 0 aromatic heterocycles. The van der Waals surface area contributed by atoms with E-state index in [1.54, 1.807) is 0 Å². The lowest BCUT2D eigenvalue weighted by molar-refractivity contribution is 0.251. The molecule has 3 aliphatic heterocycles. The van der Waals surface area contributed by atoms with Crippen LogP contribution in [0.15, 0.2) is 46.8 Å². The zero-order chi connectivity index (χ0) is 13.5. The van der Waals surface area contributed by atoms with Gasteiger partial charge in [-0.05, 0) is 5.56 Å². The van der Waals surface area contributed by atoms with Crippen LogP contribution < -0.4 is 0 Å². The van der Waals surface area contributed by atoms with Gasteiger partial charge in [-0.15, -0.1) is 10.2 Å². The first-order chi connectivity index (χ1) is 9.83. The Morgan fingerprint density at radius 1 is 1.10 bits per heavy atom. The average Bonchev–Trinajstić information content (AvgIpc) is 3.07. The molecule has 96 valence electrons. The number of carbonyl (C=O) groups is 1. The van der Waals surface area contributed by atoms with E-state index in [0.29, 0.717) is 29.5 Å². The lowest BCUT2D eigenvalue weighted by Gasteiger charge is -2.10. The first-order valence-electron chi connectivity index (χ1n) is 6.06. The summed E-state index contributed by atoms with van der Waals surface area (Å²) in [4.78, 5) is 16.3. The van der Waals surface area contributed by atoms with E-state index in [9.17, 15) is 4.79 Å². The molecule has 1 aromatic carbocycles. The van der Waals surface area contributed by atoms with E-state index < -0.39 is 6.03 Å². The number of hydrogen-bond donors (Lipinski definition) is 0. The quantitative estimate of drug-likeness (QED) is 0.711. The zero-order valence-electron chi connectivity index (χ0n) is 10.3. The van der Waals surface area contributed by atoms with Gasteiger partial charge in [0.2, 0.25) is 0 Å². The van der Waals surface area contributed by atoms with Crippen molar-refractivity contribution in [1.82, 2.24) is 19.7 Å². The maximum Gasteiger partial charge on any atom is 0.373 e. The molecular formula is C13H8N6O. The van der Waals surface area contributed by atoms with Crippen molar-refractivity contribution in [2.75, 3.05) is 0 Å². The molecule has 1 amide bonds. The zero-order valence-corrected chi connectivity index (χ0v) is 10.3. The first kappa shape index (κ1) is 10.9. The highest BCUT2D eigenvalue weighted by molar-refractivity contribution is 5.88. The second kappa shape index (κ2) is 4.02. The molecule has 3 aliphatic rings. The fraction of sp³-hybridized carbons (Fsp3) is 0.0769. The van der Waals surface area contributed by atoms with Gasteiger partial charge in [0.05, 0.1) is 11.8 Å². The second-order valence-electron chi connectivity index (χ2n) is 4.41. The van der Waals surface area contributed by atoms with Gasteiger partial charge in [0.15, 0.2) is 11.6 Å². The Morgan fingerprint density at radius 2 is 1.95 bits per heavy atom. The molecule has 0 aliphatic carbocycles. The molecule has 0 bridgehead atoms. The van der Waals surface area contributed by atoms with Crippen LogP contribution in [-0.4, -0.2) is 25.8 Å². The lowest BCUT2D eigenvalue weighted by atomic mass is 10.1. The monoisotopic (exact) mass is 264 g/mol.